The molecule has 0 spiro atoms. The molecule has 1 aliphatic rings. The summed E-state index contributed by atoms with van der Waals surface area (Å²) in [5, 5.41) is 0. The molecule has 0 aromatic rings. The fourth-order valence-corrected chi connectivity index (χ4v) is 1.68. The van der Waals surface area contributed by atoms with Gasteiger partial charge in [-0.3, -0.25) is 9.79 Å². The summed E-state index contributed by atoms with van der Waals surface area (Å²) < 4.78 is 4.96. The normalized spacial score (nSPS) is 25.6. The van der Waals surface area contributed by atoms with Crippen LogP contribution in [0.3, 0.4) is 0 Å². The minimum atomic E-state index is -0.213. The van der Waals surface area contributed by atoms with E-state index in [4.69, 9.17) is 4.74 Å². The highest BCUT2D eigenvalue weighted by atomic mass is 16.5. The van der Waals surface area contributed by atoms with Crippen LogP contribution in [0.5, 0.6) is 0 Å². The molecule has 1 rings (SSSR count). The number of rotatable bonds is 3. The first-order valence-corrected chi connectivity index (χ1v) is 5.27. The van der Waals surface area contributed by atoms with Gasteiger partial charge < -0.3 is 4.74 Å². The minimum absolute atomic E-state index is 0.0407. The van der Waals surface area contributed by atoms with E-state index in [-0.39, 0.29) is 11.4 Å². The summed E-state index contributed by atoms with van der Waals surface area (Å²) in [5.74, 6) is -0.213. The van der Waals surface area contributed by atoms with Crippen molar-refractivity contribution in [1.29, 1.82) is 0 Å². The molecular weight excluding hydrogens is 190 g/mol. The predicted molar refractivity (Wildman–Crippen MR) is 61.1 cm³/mol. The number of allylic oxidation sites excluding steroid dienone is 1. The van der Waals surface area contributed by atoms with Crippen LogP contribution in [-0.2, 0) is 9.53 Å². The molecule has 3 heteroatoms. The Bertz CT molecular complexity index is 318. The quantitative estimate of drug-likeness (QED) is 0.669. The van der Waals surface area contributed by atoms with Crippen LogP contribution in [0.15, 0.2) is 16.6 Å². The molecule has 15 heavy (non-hydrogen) atoms. The van der Waals surface area contributed by atoms with Gasteiger partial charge in [0, 0.05) is 24.6 Å². The molecule has 1 aliphatic heterocycles. The summed E-state index contributed by atoms with van der Waals surface area (Å²) in [6.07, 6.45) is 3.07. The summed E-state index contributed by atoms with van der Waals surface area (Å²) in [6, 6.07) is 0. The van der Waals surface area contributed by atoms with Crippen LogP contribution in [-0.4, -0.2) is 24.8 Å². The van der Waals surface area contributed by atoms with Crippen molar-refractivity contribution in [3.8, 4) is 0 Å². The van der Waals surface area contributed by atoms with Crippen LogP contribution >= 0.6 is 0 Å². The number of carbonyl (C=O) groups is 1. The summed E-state index contributed by atoms with van der Waals surface area (Å²) in [5.41, 5.74) is 2.38. The average Bonchev–Trinajstić information content (AvgIpc) is 2.11. The van der Waals surface area contributed by atoms with Crippen LogP contribution in [0, 0.1) is 5.41 Å². The number of dihydropyridines is 1. The van der Waals surface area contributed by atoms with E-state index in [1.165, 1.54) is 12.5 Å². The first-order chi connectivity index (χ1) is 6.93. The number of aliphatic imine (C=N–C) groups is 1. The topological polar surface area (TPSA) is 38.7 Å². The van der Waals surface area contributed by atoms with Crippen molar-refractivity contribution in [2.75, 3.05) is 13.2 Å². The van der Waals surface area contributed by atoms with Crippen molar-refractivity contribution in [2.45, 2.75) is 34.1 Å². The lowest BCUT2D eigenvalue weighted by molar-refractivity contribution is -0.141. The van der Waals surface area contributed by atoms with E-state index in [0.717, 1.165) is 18.7 Å². The Labute approximate surface area is 91.2 Å². The molecule has 0 aromatic heterocycles. The molecule has 3 nitrogen and oxygen atoms in total. The molecule has 0 unspecified atom stereocenters. The Morgan fingerprint density at radius 1 is 1.60 bits per heavy atom. The van der Waals surface area contributed by atoms with E-state index in [9.17, 15) is 4.79 Å². The van der Waals surface area contributed by atoms with Gasteiger partial charge in [0.1, 0.15) is 0 Å². The molecule has 0 saturated heterocycles. The average molecular weight is 209 g/mol. The first kappa shape index (κ1) is 12.0. The summed E-state index contributed by atoms with van der Waals surface area (Å²) >= 11 is 0. The minimum Gasteiger partial charge on any atom is -0.466 e. The fourth-order valence-electron chi connectivity index (χ4n) is 1.68. The highest BCUT2D eigenvalue weighted by Crippen LogP contribution is 2.29. The van der Waals surface area contributed by atoms with E-state index < -0.39 is 0 Å². The van der Waals surface area contributed by atoms with Crippen LogP contribution in [0.1, 0.15) is 34.1 Å². The SMILES string of the molecule is CC(=O)OCC[C@]1(C)C=C(C)C(C)=NC1. The van der Waals surface area contributed by atoms with Gasteiger partial charge >= 0.3 is 5.97 Å². The van der Waals surface area contributed by atoms with Gasteiger partial charge in [-0.25, -0.2) is 0 Å². The van der Waals surface area contributed by atoms with Gasteiger partial charge in [0.2, 0.25) is 0 Å². The molecule has 84 valence electrons. The lowest BCUT2D eigenvalue weighted by Crippen LogP contribution is -2.25. The Hall–Kier alpha value is -1.12. The van der Waals surface area contributed by atoms with Gasteiger partial charge in [0.15, 0.2) is 0 Å². The maximum atomic E-state index is 10.6. The number of nitrogens with zero attached hydrogens (tertiary/aromatic N) is 1. The van der Waals surface area contributed by atoms with E-state index >= 15 is 0 Å². The predicted octanol–water partition coefficient (Wildman–Crippen LogP) is 2.37. The van der Waals surface area contributed by atoms with E-state index in [1.54, 1.807) is 0 Å². The summed E-state index contributed by atoms with van der Waals surface area (Å²) in [7, 11) is 0. The Kier molecular flexibility index (Phi) is 3.66. The van der Waals surface area contributed by atoms with Crippen molar-refractivity contribution < 1.29 is 9.53 Å². The molecule has 0 radical (unpaired) electrons. The number of ether oxygens (including phenoxy) is 1. The zero-order valence-electron chi connectivity index (χ0n) is 9.96. The van der Waals surface area contributed by atoms with Crippen molar-refractivity contribution in [3.63, 3.8) is 0 Å². The second-order valence-electron chi connectivity index (χ2n) is 4.47. The third-order valence-electron chi connectivity index (χ3n) is 2.79. The second kappa shape index (κ2) is 4.60. The van der Waals surface area contributed by atoms with Gasteiger partial charge in [-0.15, -0.1) is 0 Å². The Balaban J connectivity index is 2.52. The molecule has 1 atom stereocenters. The smallest absolute Gasteiger partial charge is 0.302 e. The molecule has 0 fully saturated rings. The highest BCUT2D eigenvalue weighted by Gasteiger charge is 2.25. The van der Waals surface area contributed by atoms with Gasteiger partial charge in [-0.2, -0.15) is 0 Å². The summed E-state index contributed by atoms with van der Waals surface area (Å²) in [6.45, 7) is 8.95. The molecule has 0 saturated carbocycles. The fraction of sp³-hybridized carbons (Fsp3) is 0.667. The first-order valence-electron chi connectivity index (χ1n) is 5.27. The van der Waals surface area contributed by atoms with Crippen LogP contribution in [0.4, 0.5) is 0 Å². The number of hydrogen-bond donors (Lipinski definition) is 0. The molecule has 0 bridgehead atoms. The molecular formula is C12H19NO2. The molecule has 0 aromatic carbocycles. The van der Waals surface area contributed by atoms with E-state index in [1.807, 2.05) is 6.92 Å². The third-order valence-corrected chi connectivity index (χ3v) is 2.79. The number of esters is 1. The second-order valence-corrected chi connectivity index (χ2v) is 4.47. The van der Waals surface area contributed by atoms with Crippen LogP contribution in [0.2, 0.25) is 0 Å². The standard InChI is InChI=1S/C12H19NO2/c1-9-7-12(4,8-13-10(9)2)5-6-15-11(3)14/h7H,5-6,8H2,1-4H3/t12-/m1/s1. The largest absolute Gasteiger partial charge is 0.466 e. The molecule has 0 amide bonds. The Morgan fingerprint density at radius 2 is 2.27 bits per heavy atom. The maximum Gasteiger partial charge on any atom is 0.302 e. The summed E-state index contributed by atoms with van der Waals surface area (Å²) in [4.78, 5) is 15.1. The van der Waals surface area contributed by atoms with Gasteiger partial charge in [-0.1, -0.05) is 13.0 Å². The Morgan fingerprint density at radius 3 is 2.80 bits per heavy atom. The van der Waals surface area contributed by atoms with Gasteiger partial charge in [0.05, 0.1) is 6.61 Å². The molecule has 1 heterocycles. The van der Waals surface area contributed by atoms with Crippen molar-refractivity contribution >= 4 is 11.7 Å². The molecule has 0 aliphatic carbocycles. The number of hydrogen-bond acceptors (Lipinski definition) is 3. The number of carbonyl (C=O) groups excluding carboxylic acids is 1. The molecule has 0 N–H and O–H groups in total. The van der Waals surface area contributed by atoms with Crippen molar-refractivity contribution in [2.24, 2.45) is 10.4 Å². The van der Waals surface area contributed by atoms with Crippen molar-refractivity contribution in [1.82, 2.24) is 0 Å². The lowest BCUT2D eigenvalue weighted by Gasteiger charge is -2.28. The van der Waals surface area contributed by atoms with E-state index in [0.29, 0.717) is 6.61 Å². The van der Waals surface area contributed by atoms with Gasteiger partial charge in [0.25, 0.3) is 0 Å². The lowest BCUT2D eigenvalue weighted by atomic mass is 9.83. The van der Waals surface area contributed by atoms with E-state index in [2.05, 4.69) is 24.9 Å². The zero-order valence-corrected chi connectivity index (χ0v) is 9.96. The maximum absolute atomic E-state index is 10.6. The third kappa shape index (κ3) is 3.50. The van der Waals surface area contributed by atoms with Gasteiger partial charge in [-0.05, 0) is 25.8 Å². The highest BCUT2D eigenvalue weighted by molar-refractivity contribution is 5.98. The van der Waals surface area contributed by atoms with Crippen LogP contribution < -0.4 is 0 Å². The zero-order chi connectivity index (χ0) is 11.5. The van der Waals surface area contributed by atoms with Crippen molar-refractivity contribution in [3.05, 3.63) is 11.6 Å². The monoisotopic (exact) mass is 209 g/mol. The van der Waals surface area contributed by atoms with Crippen LogP contribution in [0.25, 0.3) is 0 Å².